The second kappa shape index (κ2) is 9.88. The van der Waals surface area contributed by atoms with Crippen molar-refractivity contribution in [2.24, 2.45) is 0 Å². The van der Waals surface area contributed by atoms with Crippen LogP contribution in [-0.2, 0) is 4.74 Å². The molecule has 3 rings (SSSR count). The number of rotatable bonds is 10. The number of fused-ring (bicyclic) bond motifs is 1. The average molecular weight is 381 g/mol. The average Bonchev–Trinajstić information content (AvgIpc) is 3.16. The molecule has 0 bridgehead atoms. The number of aromatic nitrogens is 3. The Labute approximate surface area is 165 Å². The molecule has 0 saturated carbocycles. The molecule has 0 spiro atoms. The third-order valence-electron chi connectivity index (χ3n) is 4.64. The van der Waals surface area contributed by atoms with Gasteiger partial charge in [-0.3, -0.25) is 0 Å². The number of hydrogen-bond acceptors (Lipinski definition) is 5. The van der Waals surface area contributed by atoms with E-state index >= 15 is 0 Å². The lowest BCUT2D eigenvalue weighted by atomic mass is 10.1. The maximum Gasteiger partial charge on any atom is 0.337 e. The van der Waals surface area contributed by atoms with Crippen LogP contribution in [0.2, 0.25) is 0 Å². The molecular formula is C22H27N3O3. The lowest BCUT2D eigenvalue weighted by molar-refractivity contribution is 0.0601. The number of carbonyl (C=O) groups is 1. The van der Waals surface area contributed by atoms with Crippen LogP contribution in [0.3, 0.4) is 0 Å². The summed E-state index contributed by atoms with van der Waals surface area (Å²) < 4.78 is 10.6. The summed E-state index contributed by atoms with van der Waals surface area (Å²) in [4.78, 5) is 13.2. The molecular weight excluding hydrogens is 354 g/mol. The van der Waals surface area contributed by atoms with Gasteiger partial charge in [0, 0.05) is 0 Å². The van der Waals surface area contributed by atoms with Crippen LogP contribution < -0.4 is 4.74 Å². The van der Waals surface area contributed by atoms with Crippen molar-refractivity contribution in [3.8, 4) is 11.4 Å². The van der Waals surface area contributed by atoms with Crippen molar-refractivity contribution in [3.05, 3.63) is 48.0 Å². The van der Waals surface area contributed by atoms with Crippen LogP contribution in [0.1, 0.15) is 55.8 Å². The van der Waals surface area contributed by atoms with E-state index in [-0.39, 0.29) is 5.97 Å². The standard InChI is InChI=1S/C22H27N3O3/c1-3-4-5-6-7-8-15-28-19-12-10-18(11-13-19)25-23-20-14-9-17(22(26)27-2)16-21(20)24-25/h9-14,16H,3-8,15H2,1-2H3. The number of unbranched alkanes of at least 4 members (excludes halogenated alkanes) is 5. The van der Waals surface area contributed by atoms with Gasteiger partial charge >= 0.3 is 5.97 Å². The highest BCUT2D eigenvalue weighted by molar-refractivity contribution is 5.93. The van der Waals surface area contributed by atoms with Crippen LogP contribution in [0.5, 0.6) is 5.75 Å². The van der Waals surface area contributed by atoms with Crippen LogP contribution in [0, 0.1) is 0 Å². The number of carbonyl (C=O) groups excluding carboxylic acids is 1. The number of esters is 1. The van der Waals surface area contributed by atoms with Gasteiger partial charge in [-0.2, -0.15) is 4.80 Å². The summed E-state index contributed by atoms with van der Waals surface area (Å²) in [6.45, 7) is 2.97. The molecule has 0 aliphatic heterocycles. The Hall–Kier alpha value is -2.89. The lowest BCUT2D eigenvalue weighted by Gasteiger charge is -2.07. The number of methoxy groups -OCH3 is 1. The summed E-state index contributed by atoms with van der Waals surface area (Å²) in [5.74, 6) is 0.463. The quantitative estimate of drug-likeness (QED) is 0.367. The molecule has 148 valence electrons. The van der Waals surface area contributed by atoms with Gasteiger partial charge in [0.25, 0.3) is 0 Å². The summed E-state index contributed by atoms with van der Waals surface area (Å²) >= 11 is 0. The molecule has 0 unspecified atom stereocenters. The van der Waals surface area contributed by atoms with E-state index in [0.717, 1.165) is 30.0 Å². The van der Waals surface area contributed by atoms with E-state index in [1.165, 1.54) is 39.2 Å². The maximum absolute atomic E-state index is 11.7. The normalized spacial score (nSPS) is 10.9. The van der Waals surface area contributed by atoms with Crippen molar-refractivity contribution < 1.29 is 14.3 Å². The summed E-state index contributed by atoms with van der Waals surface area (Å²) in [5.41, 5.74) is 2.66. The van der Waals surface area contributed by atoms with E-state index in [0.29, 0.717) is 11.1 Å². The lowest BCUT2D eigenvalue weighted by Crippen LogP contribution is -2.00. The van der Waals surface area contributed by atoms with E-state index in [4.69, 9.17) is 9.47 Å². The van der Waals surface area contributed by atoms with Gasteiger partial charge in [-0.05, 0) is 48.9 Å². The van der Waals surface area contributed by atoms with E-state index in [2.05, 4.69) is 17.1 Å². The topological polar surface area (TPSA) is 66.2 Å². The molecule has 0 atom stereocenters. The third-order valence-corrected chi connectivity index (χ3v) is 4.64. The Morgan fingerprint density at radius 3 is 2.39 bits per heavy atom. The minimum Gasteiger partial charge on any atom is -0.494 e. The molecule has 6 nitrogen and oxygen atoms in total. The van der Waals surface area contributed by atoms with Crippen molar-refractivity contribution in [1.29, 1.82) is 0 Å². The number of ether oxygens (including phenoxy) is 2. The summed E-state index contributed by atoms with van der Waals surface area (Å²) in [6, 6.07) is 12.9. The molecule has 1 aromatic heterocycles. The van der Waals surface area contributed by atoms with E-state index in [1.807, 2.05) is 24.3 Å². The number of nitrogens with zero attached hydrogens (tertiary/aromatic N) is 3. The monoisotopic (exact) mass is 381 g/mol. The zero-order chi connectivity index (χ0) is 19.8. The molecule has 6 heteroatoms. The second-order valence-corrected chi connectivity index (χ2v) is 6.79. The molecule has 0 aliphatic carbocycles. The van der Waals surface area contributed by atoms with Gasteiger partial charge in [0.1, 0.15) is 16.8 Å². The van der Waals surface area contributed by atoms with Crippen molar-refractivity contribution >= 4 is 17.0 Å². The van der Waals surface area contributed by atoms with Crippen molar-refractivity contribution in [2.45, 2.75) is 45.4 Å². The first kappa shape index (κ1) is 19.9. The zero-order valence-electron chi connectivity index (χ0n) is 16.6. The first-order chi connectivity index (χ1) is 13.7. The Bertz CT molecular complexity index is 903. The van der Waals surface area contributed by atoms with Crippen molar-refractivity contribution in [2.75, 3.05) is 13.7 Å². The Kier molecular flexibility index (Phi) is 7.00. The van der Waals surface area contributed by atoms with Gasteiger partial charge in [-0.15, -0.1) is 10.2 Å². The largest absolute Gasteiger partial charge is 0.494 e. The highest BCUT2D eigenvalue weighted by atomic mass is 16.5. The predicted molar refractivity (Wildman–Crippen MR) is 109 cm³/mol. The molecule has 28 heavy (non-hydrogen) atoms. The predicted octanol–water partition coefficient (Wildman–Crippen LogP) is 4.95. The van der Waals surface area contributed by atoms with Gasteiger partial charge in [-0.25, -0.2) is 4.79 Å². The molecule has 0 amide bonds. The molecule has 2 aromatic carbocycles. The zero-order valence-corrected chi connectivity index (χ0v) is 16.6. The summed E-state index contributed by atoms with van der Waals surface area (Å²) in [7, 11) is 1.36. The molecule has 0 fully saturated rings. The Balaban J connectivity index is 1.58. The summed E-state index contributed by atoms with van der Waals surface area (Å²) in [6.07, 6.45) is 7.50. The molecule has 0 aliphatic rings. The minimum absolute atomic E-state index is 0.386. The number of hydrogen-bond donors (Lipinski definition) is 0. The first-order valence-electron chi connectivity index (χ1n) is 9.90. The highest BCUT2D eigenvalue weighted by Crippen LogP contribution is 2.18. The van der Waals surface area contributed by atoms with E-state index in [9.17, 15) is 4.79 Å². The van der Waals surface area contributed by atoms with Crippen molar-refractivity contribution in [1.82, 2.24) is 15.0 Å². The Morgan fingerprint density at radius 1 is 0.929 bits per heavy atom. The minimum atomic E-state index is -0.386. The molecule has 3 aromatic rings. The maximum atomic E-state index is 11.7. The van der Waals surface area contributed by atoms with Crippen LogP contribution in [0.25, 0.3) is 16.7 Å². The fourth-order valence-electron chi connectivity index (χ4n) is 3.02. The van der Waals surface area contributed by atoms with Gasteiger partial charge in [0.15, 0.2) is 0 Å². The molecule has 1 heterocycles. The smallest absolute Gasteiger partial charge is 0.337 e. The molecule has 0 N–H and O–H groups in total. The highest BCUT2D eigenvalue weighted by Gasteiger charge is 2.10. The van der Waals surface area contributed by atoms with E-state index in [1.54, 1.807) is 23.0 Å². The van der Waals surface area contributed by atoms with Gasteiger partial charge in [0.05, 0.1) is 25.0 Å². The fourth-order valence-corrected chi connectivity index (χ4v) is 3.02. The number of benzene rings is 2. The van der Waals surface area contributed by atoms with Crippen molar-refractivity contribution in [3.63, 3.8) is 0 Å². The second-order valence-electron chi connectivity index (χ2n) is 6.79. The summed E-state index contributed by atoms with van der Waals surface area (Å²) in [5, 5.41) is 8.92. The fraction of sp³-hybridized carbons (Fsp3) is 0.409. The van der Waals surface area contributed by atoms with Crippen LogP contribution in [0.4, 0.5) is 0 Å². The van der Waals surface area contributed by atoms with Gasteiger partial charge in [0.2, 0.25) is 0 Å². The molecule has 0 saturated heterocycles. The van der Waals surface area contributed by atoms with Crippen LogP contribution in [-0.4, -0.2) is 34.7 Å². The van der Waals surface area contributed by atoms with Crippen LogP contribution in [0.15, 0.2) is 42.5 Å². The van der Waals surface area contributed by atoms with E-state index < -0.39 is 0 Å². The van der Waals surface area contributed by atoms with Gasteiger partial charge < -0.3 is 9.47 Å². The Morgan fingerprint density at radius 2 is 1.64 bits per heavy atom. The van der Waals surface area contributed by atoms with Crippen LogP contribution >= 0.6 is 0 Å². The third kappa shape index (κ3) is 5.09. The first-order valence-corrected chi connectivity index (χ1v) is 9.90. The van der Waals surface area contributed by atoms with Gasteiger partial charge in [-0.1, -0.05) is 39.0 Å². The molecule has 0 radical (unpaired) electrons. The SMILES string of the molecule is CCCCCCCCOc1ccc(-n2nc3ccc(C(=O)OC)cc3n2)cc1.